The fraction of sp³-hybridized carbons (Fsp3) is 0.667. The summed E-state index contributed by atoms with van der Waals surface area (Å²) in [7, 11) is 0. The van der Waals surface area contributed by atoms with Gasteiger partial charge in [0.1, 0.15) is 0 Å². The van der Waals surface area contributed by atoms with E-state index < -0.39 is 0 Å². The van der Waals surface area contributed by atoms with Gasteiger partial charge in [0.25, 0.3) is 0 Å². The van der Waals surface area contributed by atoms with Crippen molar-refractivity contribution >= 4 is 5.91 Å². The number of allylic oxidation sites excluding steroid dienone is 1. The van der Waals surface area contributed by atoms with Crippen molar-refractivity contribution in [1.82, 2.24) is 5.32 Å². The van der Waals surface area contributed by atoms with Crippen molar-refractivity contribution in [3.05, 3.63) is 22.1 Å². The van der Waals surface area contributed by atoms with Crippen molar-refractivity contribution in [2.45, 2.75) is 26.7 Å². The third-order valence-corrected chi connectivity index (χ3v) is 1.65. The molecule has 0 rings (SSSR count). The zero-order valence-electron chi connectivity index (χ0n) is 8.66. The van der Waals surface area contributed by atoms with E-state index in [0.29, 0.717) is 19.5 Å². The molecule has 1 amide bonds. The first-order chi connectivity index (χ1) is 6.72. The second-order valence-corrected chi connectivity index (χ2v) is 2.86. The maximum atomic E-state index is 11.3. The number of hydrogen-bond donors (Lipinski definition) is 1. The van der Waals surface area contributed by atoms with Crippen molar-refractivity contribution in [1.29, 1.82) is 0 Å². The van der Waals surface area contributed by atoms with Crippen LogP contribution in [0.3, 0.4) is 0 Å². The van der Waals surface area contributed by atoms with Crippen LogP contribution in [0.15, 0.2) is 16.8 Å². The minimum Gasteiger partial charge on any atom is -0.352 e. The first-order valence-electron chi connectivity index (χ1n) is 4.68. The molecule has 0 saturated carbocycles. The summed E-state index contributed by atoms with van der Waals surface area (Å²) in [5, 5.41) is 6.10. The molecule has 5 nitrogen and oxygen atoms in total. The van der Waals surface area contributed by atoms with Crippen LogP contribution in [0, 0.1) is 0 Å². The summed E-state index contributed by atoms with van der Waals surface area (Å²) in [4.78, 5) is 13.9. The fourth-order valence-corrected chi connectivity index (χ4v) is 0.935. The average Bonchev–Trinajstić information content (AvgIpc) is 2.17. The van der Waals surface area contributed by atoms with E-state index in [2.05, 4.69) is 15.3 Å². The standard InChI is InChI=1S/C9H16N4O/c1-3-5-8(2)9(14)11-6-4-7-12-13-10/h5H,3-4,6-7H2,1-2H3,(H,11,14)/b8-5-. The Bertz CT molecular complexity index is 254. The number of amides is 1. The van der Waals surface area contributed by atoms with Gasteiger partial charge in [0.2, 0.25) is 5.91 Å². The van der Waals surface area contributed by atoms with Crippen LogP contribution in [0.25, 0.3) is 10.4 Å². The minimum absolute atomic E-state index is 0.0483. The Morgan fingerprint density at radius 2 is 2.36 bits per heavy atom. The van der Waals surface area contributed by atoms with Crippen molar-refractivity contribution in [2.75, 3.05) is 13.1 Å². The number of nitrogens with zero attached hydrogens (tertiary/aromatic N) is 3. The van der Waals surface area contributed by atoms with Gasteiger partial charge in [-0.3, -0.25) is 4.79 Å². The van der Waals surface area contributed by atoms with Crippen LogP contribution in [0.4, 0.5) is 0 Å². The van der Waals surface area contributed by atoms with Gasteiger partial charge in [0, 0.05) is 23.6 Å². The van der Waals surface area contributed by atoms with Gasteiger partial charge in [-0.25, -0.2) is 0 Å². The highest BCUT2D eigenvalue weighted by atomic mass is 16.1. The Morgan fingerprint density at radius 1 is 1.64 bits per heavy atom. The number of nitrogens with one attached hydrogen (secondary N) is 1. The smallest absolute Gasteiger partial charge is 0.246 e. The molecule has 0 aromatic rings. The van der Waals surface area contributed by atoms with E-state index in [4.69, 9.17) is 5.53 Å². The lowest BCUT2D eigenvalue weighted by Crippen LogP contribution is -2.25. The summed E-state index contributed by atoms with van der Waals surface area (Å²) in [6.07, 6.45) is 3.41. The molecule has 0 aromatic carbocycles. The quantitative estimate of drug-likeness (QED) is 0.228. The third kappa shape index (κ3) is 6.08. The van der Waals surface area contributed by atoms with Crippen LogP contribution in [-0.2, 0) is 4.79 Å². The molecule has 0 aliphatic heterocycles. The van der Waals surface area contributed by atoms with Crippen LogP contribution >= 0.6 is 0 Å². The van der Waals surface area contributed by atoms with E-state index >= 15 is 0 Å². The predicted octanol–water partition coefficient (Wildman–Crippen LogP) is 2.16. The molecule has 0 aliphatic carbocycles. The summed E-state index contributed by atoms with van der Waals surface area (Å²) in [6, 6.07) is 0. The highest BCUT2D eigenvalue weighted by molar-refractivity contribution is 5.92. The van der Waals surface area contributed by atoms with E-state index in [1.165, 1.54) is 0 Å². The zero-order valence-corrected chi connectivity index (χ0v) is 8.66. The van der Waals surface area contributed by atoms with Crippen LogP contribution in [-0.4, -0.2) is 19.0 Å². The summed E-state index contributed by atoms with van der Waals surface area (Å²) in [5.41, 5.74) is 8.73. The zero-order chi connectivity index (χ0) is 10.8. The molecule has 0 fully saturated rings. The Hall–Kier alpha value is -1.48. The molecule has 0 unspecified atom stereocenters. The topological polar surface area (TPSA) is 77.9 Å². The first-order valence-corrected chi connectivity index (χ1v) is 4.68. The van der Waals surface area contributed by atoms with E-state index in [1.807, 2.05) is 13.0 Å². The van der Waals surface area contributed by atoms with Crippen LogP contribution in [0.2, 0.25) is 0 Å². The Balaban J connectivity index is 3.63. The van der Waals surface area contributed by atoms with Crippen molar-refractivity contribution in [3.8, 4) is 0 Å². The minimum atomic E-state index is -0.0483. The third-order valence-electron chi connectivity index (χ3n) is 1.65. The fourth-order valence-electron chi connectivity index (χ4n) is 0.935. The molecule has 14 heavy (non-hydrogen) atoms. The molecule has 5 heteroatoms. The monoisotopic (exact) mass is 196 g/mol. The normalized spacial score (nSPS) is 10.6. The lowest BCUT2D eigenvalue weighted by Gasteiger charge is -2.03. The maximum absolute atomic E-state index is 11.3. The van der Waals surface area contributed by atoms with Crippen LogP contribution in [0.5, 0.6) is 0 Å². The lowest BCUT2D eigenvalue weighted by atomic mass is 10.2. The largest absolute Gasteiger partial charge is 0.352 e. The molecule has 0 aromatic heterocycles. The van der Waals surface area contributed by atoms with Gasteiger partial charge in [-0.15, -0.1) is 0 Å². The second-order valence-electron chi connectivity index (χ2n) is 2.86. The lowest BCUT2D eigenvalue weighted by molar-refractivity contribution is -0.117. The average molecular weight is 196 g/mol. The van der Waals surface area contributed by atoms with E-state index in [9.17, 15) is 4.79 Å². The summed E-state index contributed by atoms with van der Waals surface area (Å²) in [5.74, 6) is -0.0483. The van der Waals surface area contributed by atoms with Crippen LogP contribution in [0.1, 0.15) is 26.7 Å². The highest BCUT2D eigenvalue weighted by Gasteiger charge is 2.00. The molecule has 0 atom stereocenters. The second kappa shape index (κ2) is 8.13. The van der Waals surface area contributed by atoms with Gasteiger partial charge in [-0.05, 0) is 25.3 Å². The predicted molar refractivity (Wildman–Crippen MR) is 55.7 cm³/mol. The van der Waals surface area contributed by atoms with Crippen LogP contribution < -0.4 is 5.32 Å². The van der Waals surface area contributed by atoms with Crippen molar-refractivity contribution in [2.24, 2.45) is 5.11 Å². The Labute approximate surface area is 83.8 Å². The number of carbonyl (C=O) groups excluding carboxylic acids is 1. The molecule has 1 N–H and O–H groups in total. The molecule has 0 aliphatic rings. The molecule has 0 radical (unpaired) electrons. The first kappa shape index (κ1) is 12.5. The molecule has 0 saturated heterocycles. The van der Waals surface area contributed by atoms with Gasteiger partial charge in [-0.1, -0.05) is 18.1 Å². The Morgan fingerprint density at radius 3 is 2.93 bits per heavy atom. The van der Waals surface area contributed by atoms with Gasteiger partial charge in [0.15, 0.2) is 0 Å². The van der Waals surface area contributed by atoms with E-state index in [-0.39, 0.29) is 5.91 Å². The number of carbonyl (C=O) groups is 1. The molecular weight excluding hydrogens is 180 g/mol. The number of hydrogen-bond acceptors (Lipinski definition) is 2. The van der Waals surface area contributed by atoms with Crippen molar-refractivity contribution in [3.63, 3.8) is 0 Å². The number of azide groups is 1. The van der Waals surface area contributed by atoms with Gasteiger partial charge in [-0.2, -0.15) is 0 Å². The molecular formula is C9H16N4O. The summed E-state index contributed by atoms with van der Waals surface area (Å²) >= 11 is 0. The van der Waals surface area contributed by atoms with Gasteiger partial charge >= 0.3 is 0 Å². The maximum Gasteiger partial charge on any atom is 0.246 e. The molecule has 78 valence electrons. The summed E-state index contributed by atoms with van der Waals surface area (Å²) < 4.78 is 0. The molecule has 0 bridgehead atoms. The van der Waals surface area contributed by atoms with E-state index in [0.717, 1.165) is 12.0 Å². The number of rotatable bonds is 6. The SMILES string of the molecule is CC/C=C(/C)C(=O)NCCCN=[N+]=[N-]. The van der Waals surface area contributed by atoms with Gasteiger partial charge < -0.3 is 5.32 Å². The molecule has 0 heterocycles. The van der Waals surface area contributed by atoms with Gasteiger partial charge in [0.05, 0.1) is 0 Å². The summed E-state index contributed by atoms with van der Waals surface area (Å²) in [6.45, 7) is 4.74. The Kier molecular flexibility index (Phi) is 7.27. The highest BCUT2D eigenvalue weighted by Crippen LogP contribution is 1.94. The van der Waals surface area contributed by atoms with E-state index in [1.54, 1.807) is 6.92 Å². The molecule has 0 spiro atoms. The van der Waals surface area contributed by atoms with Crippen molar-refractivity contribution < 1.29 is 4.79 Å².